The van der Waals surface area contributed by atoms with Gasteiger partial charge in [-0.3, -0.25) is 4.79 Å². The molecule has 1 aliphatic rings. The molecule has 8 heteroatoms. The minimum Gasteiger partial charge on any atom is -0.435 e. The lowest BCUT2D eigenvalue weighted by molar-refractivity contribution is -0.228. The van der Waals surface area contributed by atoms with E-state index < -0.39 is 41.2 Å². The maximum Gasteiger partial charge on any atom is 0.304 e. The van der Waals surface area contributed by atoms with E-state index >= 15 is 0 Å². The highest BCUT2D eigenvalue weighted by Crippen LogP contribution is 2.44. The molecule has 5 atom stereocenters. The molecule has 0 aromatic heterocycles. The number of esters is 1. The summed E-state index contributed by atoms with van der Waals surface area (Å²) in [5.74, 6) is -0.385. The Morgan fingerprint density at radius 2 is 0.917 bits per heavy atom. The van der Waals surface area contributed by atoms with Crippen LogP contribution in [0.15, 0.2) is 121 Å². The van der Waals surface area contributed by atoms with Crippen molar-refractivity contribution in [2.75, 3.05) is 0 Å². The number of halogens is 1. The number of carbonyl (C=O) groups excluding carboxylic acids is 1. The van der Waals surface area contributed by atoms with Crippen molar-refractivity contribution in [1.82, 2.24) is 0 Å². The number of ether oxygens (including phenoxy) is 2. The zero-order chi connectivity index (χ0) is 34.7. The van der Waals surface area contributed by atoms with Crippen molar-refractivity contribution < 1.29 is 23.1 Å². The first-order valence-electron chi connectivity index (χ1n) is 16.8. The van der Waals surface area contributed by atoms with Gasteiger partial charge in [0, 0.05) is 6.92 Å². The predicted octanol–water partition coefficient (Wildman–Crippen LogP) is 6.99. The highest BCUT2D eigenvalue weighted by molar-refractivity contribution is 14.1. The van der Waals surface area contributed by atoms with Gasteiger partial charge in [0.05, 0.1) is 18.3 Å². The largest absolute Gasteiger partial charge is 0.435 e. The Balaban J connectivity index is 1.76. The van der Waals surface area contributed by atoms with Crippen molar-refractivity contribution in [3.05, 3.63) is 121 Å². The summed E-state index contributed by atoms with van der Waals surface area (Å²) >= 11 is 2.38. The van der Waals surface area contributed by atoms with Gasteiger partial charge in [0.1, 0.15) is 3.92 Å². The Morgan fingerprint density at radius 3 is 1.21 bits per heavy atom. The molecule has 0 amide bonds. The first-order valence-corrected chi connectivity index (χ1v) is 21.8. The first kappa shape index (κ1) is 36.7. The van der Waals surface area contributed by atoms with Crippen LogP contribution >= 0.6 is 22.6 Å². The van der Waals surface area contributed by atoms with Crippen LogP contribution in [0, 0.1) is 0 Å². The summed E-state index contributed by atoms with van der Waals surface area (Å²) in [5, 5.41) is 4.20. The van der Waals surface area contributed by atoms with E-state index in [1.165, 1.54) is 27.7 Å². The summed E-state index contributed by atoms with van der Waals surface area (Å²) in [6.45, 7) is 17.2. The van der Waals surface area contributed by atoms with Crippen LogP contribution in [0.1, 0.15) is 55.4 Å². The van der Waals surface area contributed by atoms with Crippen LogP contribution in [0.2, 0.25) is 10.1 Å². The Bertz CT molecular complexity index is 1550. The van der Waals surface area contributed by atoms with Crippen molar-refractivity contribution in [2.24, 2.45) is 0 Å². The number of hydrogen-bond acceptors (Lipinski definition) is 5. The number of alkyl halides is 1. The Morgan fingerprint density at radius 1 is 0.604 bits per heavy atom. The van der Waals surface area contributed by atoms with Crippen molar-refractivity contribution in [3.63, 3.8) is 0 Å². The van der Waals surface area contributed by atoms with Gasteiger partial charge < -0.3 is 18.3 Å². The molecule has 0 spiro atoms. The van der Waals surface area contributed by atoms with E-state index in [9.17, 15) is 4.79 Å². The Kier molecular flexibility index (Phi) is 11.2. The van der Waals surface area contributed by atoms with Gasteiger partial charge in [-0.2, -0.15) is 0 Å². The van der Waals surface area contributed by atoms with Gasteiger partial charge in [-0.05, 0) is 37.7 Å². The van der Waals surface area contributed by atoms with E-state index in [0.717, 1.165) is 0 Å². The summed E-state index contributed by atoms with van der Waals surface area (Å²) in [4.78, 5) is 12.4. The third kappa shape index (κ3) is 7.02. The van der Waals surface area contributed by atoms with Gasteiger partial charge in [0.25, 0.3) is 16.6 Å². The smallest absolute Gasteiger partial charge is 0.304 e. The summed E-state index contributed by atoms with van der Waals surface area (Å²) < 4.78 is 27.8. The molecular weight excluding hydrogens is 744 g/mol. The summed E-state index contributed by atoms with van der Waals surface area (Å²) in [7, 11) is -6.10. The number of benzene rings is 4. The number of carbonyl (C=O) groups is 1. The van der Waals surface area contributed by atoms with Gasteiger partial charge in [-0.15, -0.1) is 0 Å². The molecule has 254 valence electrons. The maximum atomic E-state index is 12.4. The van der Waals surface area contributed by atoms with E-state index in [2.05, 4.69) is 185 Å². The fourth-order valence-electron chi connectivity index (χ4n) is 7.31. The topological polar surface area (TPSA) is 54.0 Å². The molecule has 0 N–H and O–H groups in total. The molecule has 0 bridgehead atoms. The average Bonchev–Trinajstić information content (AvgIpc) is 3.05. The second kappa shape index (κ2) is 14.7. The van der Waals surface area contributed by atoms with E-state index in [0.29, 0.717) is 0 Å². The van der Waals surface area contributed by atoms with Gasteiger partial charge in [-0.25, -0.2) is 0 Å². The van der Waals surface area contributed by atoms with Gasteiger partial charge in [-0.1, -0.05) is 185 Å². The molecule has 1 heterocycles. The van der Waals surface area contributed by atoms with Crippen molar-refractivity contribution in [3.8, 4) is 0 Å². The van der Waals surface area contributed by atoms with E-state index in [-0.39, 0.29) is 20.0 Å². The summed E-state index contributed by atoms with van der Waals surface area (Å²) in [5.41, 5.74) is 0. The molecule has 0 radical (unpaired) electrons. The molecule has 4 aromatic rings. The van der Waals surface area contributed by atoms with Crippen LogP contribution in [0.4, 0.5) is 0 Å². The molecule has 4 aromatic carbocycles. The van der Waals surface area contributed by atoms with Crippen LogP contribution in [-0.4, -0.2) is 51.1 Å². The normalized spacial score (nSPS) is 22.2. The minimum atomic E-state index is -3.06. The lowest BCUT2D eigenvalue weighted by atomic mass is 10.0. The monoisotopic (exact) mass is 792 g/mol. The summed E-state index contributed by atoms with van der Waals surface area (Å²) in [6, 6.07) is 42.7. The molecule has 5 nitrogen and oxygen atoms in total. The molecule has 0 unspecified atom stereocenters. The predicted molar refractivity (Wildman–Crippen MR) is 209 cm³/mol. The SMILES string of the molecule is CC(=O)O[C@H]1O[C@H](C)[C@@H](O[Si](c2ccccc2)(c2ccccc2)C(C)(C)C)[C@H](O[Si](c2ccccc2)(c2ccccc2)C(C)(C)C)[C@@H]1I. The lowest BCUT2D eigenvalue weighted by Gasteiger charge is -2.53. The fraction of sp³-hybridized carbons (Fsp3) is 0.375. The Hall–Kier alpha value is -2.61. The van der Waals surface area contributed by atoms with E-state index in [4.69, 9.17) is 18.3 Å². The lowest BCUT2D eigenvalue weighted by Crippen LogP contribution is -2.74. The molecule has 0 saturated carbocycles. The van der Waals surface area contributed by atoms with Gasteiger partial charge in [0.2, 0.25) is 6.29 Å². The second-order valence-electron chi connectivity index (χ2n) is 14.8. The zero-order valence-corrected chi connectivity index (χ0v) is 33.5. The first-order chi connectivity index (χ1) is 22.7. The van der Waals surface area contributed by atoms with E-state index in [1.807, 2.05) is 6.92 Å². The molecular formula is C40H49IO5Si2. The molecule has 1 aliphatic heterocycles. The molecule has 1 saturated heterocycles. The Labute approximate surface area is 302 Å². The zero-order valence-electron chi connectivity index (χ0n) is 29.4. The second-order valence-corrected chi connectivity index (χ2v) is 24.7. The van der Waals surface area contributed by atoms with Crippen LogP contribution in [0.25, 0.3) is 0 Å². The van der Waals surface area contributed by atoms with Crippen LogP contribution < -0.4 is 20.7 Å². The standard InChI is InChI=1S/C40H49IO5Si2/c1-29-36(45-47(39(3,4)5,31-21-13-9-14-22-31)32-23-15-10-16-24-32)37(35(41)38(43-29)44-30(2)42)46-48(40(6,7)8,33-25-17-11-18-26-33)34-27-19-12-20-28-34/h9-29,35-38H,1-8H3/t29-,35+,36-,37-,38-/m1/s1. The van der Waals surface area contributed by atoms with Crippen molar-refractivity contribution in [2.45, 2.75) is 94.0 Å². The van der Waals surface area contributed by atoms with Crippen molar-refractivity contribution >= 4 is 65.9 Å². The molecule has 5 rings (SSSR count). The quantitative estimate of drug-likeness (QED) is 0.0793. The minimum absolute atomic E-state index is 0.259. The molecule has 0 aliphatic carbocycles. The third-order valence-electron chi connectivity index (χ3n) is 9.45. The van der Waals surface area contributed by atoms with E-state index in [1.54, 1.807) is 0 Å². The molecule has 48 heavy (non-hydrogen) atoms. The third-order valence-corrected chi connectivity index (χ3v) is 20.8. The highest BCUT2D eigenvalue weighted by atomic mass is 127. The maximum absolute atomic E-state index is 12.4. The van der Waals surface area contributed by atoms with Crippen molar-refractivity contribution in [1.29, 1.82) is 0 Å². The van der Waals surface area contributed by atoms with Gasteiger partial charge in [0.15, 0.2) is 0 Å². The fourth-order valence-corrected chi connectivity index (χ4v) is 17.9. The van der Waals surface area contributed by atoms with Crippen LogP contribution in [-0.2, 0) is 23.1 Å². The number of rotatable bonds is 9. The van der Waals surface area contributed by atoms with Gasteiger partial charge >= 0.3 is 5.97 Å². The highest BCUT2D eigenvalue weighted by Gasteiger charge is 2.59. The van der Waals surface area contributed by atoms with Crippen LogP contribution in [0.5, 0.6) is 0 Å². The molecule has 1 fully saturated rings. The average molecular weight is 793 g/mol. The van der Waals surface area contributed by atoms with Crippen LogP contribution in [0.3, 0.4) is 0 Å². The number of hydrogen-bond donors (Lipinski definition) is 0. The summed E-state index contributed by atoms with van der Waals surface area (Å²) in [6.07, 6.45) is -2.19.